The van der Waals surface area contributed by atoms with Gasteiger partial charge in [0.05, 0.1) is 0 Å². The molecule has 3 rings (SSSR count). The van der Waals surface area contributed by atoms with Gasteiger partial charge in [-0.1, -0.05) is 18.2 Å². The number of halogens is 1. The van der Waals surface area contributed by atoms with Gasteiger partial charge in [-0.15, -0.1) is 0 Å². The number of benzene rings is 2. The maximum Gasteiger partial charge on any atom is 0.123 e. The second kappa shape index (κ2) is 5.63. The van der Waals surface area contributed by atoms with Crippen molar-refractivity contribution in [2.45, 2.75) is 31.9 Å². The van der Waals surface area contributed by atoms with E-state index >= 15 is 0 Å². The number of hydrogen-bond donors (Lipinski definition) is 1. The van der Waals surface area contributed by atoms with Gasteiger partial charge in [0.1, 0.15) is 18.2 Å². The molecule has 2 N–H and O–H groups in total. The molecule has 1 aliphatic carbocycles. The van der Waals surface area contributed by atoms with E-state index in [1.807, 2.05) is 12.1 Å². The van der Waals surface area contributed by atoms with Gasteiger partial charge in [-0.05, 0) is 60.2 Å². The van der Waals surface area contributed by atoms with Crippen LogP contribution in [0.15, 0.2) is 42.5 Å². The number of rotatable bonds is 3. The molecule has 3 heteroatoms. The van der Waals surface area contributed by atoms with Crippen molar-refractivity contribution in [2.75, 3.05) is 0 Å². The first-order chi connectivity index (χ1) is 9.72. The van der Waals surface area contributed by atoms with Crippen molar-refractivity contribution in [3.63, 3.8) is 0 Å². The first-order valence-electron chi connectivity index (χ1n) is 6.98. The van der Waals surface area contributed by atoms with Crippen molar-refractivity contribution < 1.29 is 9.13 Å². The van der Waals surface area contributed by atoms with Crippen molar-refractivity contribution in [3.8, 4) is 5.75 Å². The molecule has 2 aromatic carbocycles. The molecule has 0 heterocycles. The van der Waals surface area contributed by atoms with Gasteiger partial charge in [0.25, 0.3) is 0 Å². The number of hydrogen-bond acceptors (Lipinski definition) is 2. The molecule has 2 aromatic rings. The lowest BCUT2D eigenvalue weighted by molar-refractivity contribution is 0.305. The summed E-state index contributed by atoms with van der Waals surface area (Å²) in [4.78, 5) is 0. The van der Waals surface area contributed by atoms with Gasteiger partial charge in [-0.25, -0.2) is 4.39 Å². The van der Waals surface area contributed by atoms with Gasteiger partial charge < -0.3 is 10.5 Å². The monoisotopic (exact) mass is 271 g/mol. The lowest BCUT2D eigenvalue weighted by Crippen LogP contribution is -2.17. The fraction of sp³-hybridized carbons (Fsp3) is 0.294. The number of nitrogens with two attached hydrogens (primary N) is 1. The minimum absolute atomic E-state index is 0.149. The predicted molar refractivity (Wildman–Crippen MR) is 77.0 cm³/mol. The summed E-state index contributed by atoms with van der Waals surface area (Å²) in [5, 5.41) is 0. The van der Waals surface area contributed by atoms with Crippen molar-refractivity contribution in [2.24, 2.45) is 5.73 Å². The van der Waals surface area contributed by atoms with Crippen molar-refractivity contribution in [1.82, 2.24) is 0 Å². The fourth-order valence-corrected chi connectivity index (χ4v) is 2.71. The van der Waals surface area contributed by atoms with Gasteiger partial charge in [-0.3, -0.25) is 0 Å². The standard InChI is InChI=1S/C17H18FNO/c18-14-5-1-3-12(9-14)11-20-15-7-8-16-13(10-15)4-2-6-17(16)19/h1,3,5,7-10,17H,2,4,6,11,19H2. The highest BCUT2D eigenvalue weighted by Gasteiger charge is 2.16. The Balaban J connectivity index is 1.72. The average molecular weight is 271 g/mol. The molecule has 0 aliphatic heterocycles. The molecule has 0 saturated carbocycles. The smallest absolute Gasteiger partial charge is 0.123 e. The lowest BCUT2D eigenvalue weighted by Gasteiger charge is -2.22. The largest absolute Gasteiger partial charge is 0.489 e. The third-order valence-electron chi connectivity index (χ3n) is 3.77. The van der Waals surface area contributed by atoms with E-state index in [1.165, 1.54) is 23.3 Å². The average Bonchev–Trinajstić information content (AvgIpc) is 2.45. The van der Waals surface area contributed by atoms with Crippen LogP contribution in [0.25, 0.3) is 0 Å². The Bertz CT molecular complexity index is 612. The van der Waals surface area contributed by atoms with Crippen LogP contribution in [0.4, 0.5) is 4.39 Å². The van der Waals surface area contributed by atoms with Crippen molar-refractivity contribution in [1.29, 1.82) is 0 Å². The highest BCUT2D eigenvalue weighted by atomic mass is 19.1. The zero-order valence-electron chi connectivity index (χ0n) is 11.3. The van der Waals surface area contributed by atoms with E-state index in [1.54, 1.807) is 6.07 Å². The van der Waals surface area contributed by atoms with Crippen LogP contribution in [-0.2, 0) is 13.0 Å². The fourth-order valence-electron chi connectivity index (χ4n) is 2.71. The molecule has 0 amide bonds. The Morgan fingerprint density at radius 2 is 2.10 bits per heavy atom. The summed E-state index contributed by atoms with van der Waals surface area (Å²) in [7, 11) is 0. The summed E-state index contributed by atoms with van der Waals surface area (Å²) in [5.74, 6) is 0.588. The van der Waals surface area contributed by atoms with Crippen LogP contribution in [0.3, 0.4) is 0 Å². The Labute approximate surface area is 118 Å². The molecule has 0 radical (unpaired) electrons. The zero-order chi connectivity index (χ0) is 13.9. The summed E-state index contributed by atoms with van der Waals surface area (Å²) in [6.45, 7) is 0.378. The van der Waals surface area contributed by atoms with E-state index in [9.17, 15) is 4.39 Å². The normalized spacial score (nSPS) is 17.6. The molecule has 1 unspecified atom stereocenters. The second-order valence-electron chi connectivity index (χ2n) is 5.28. The Morgan fingerprint density at radius 1 is 1.20 bits per heavy atom. The Morgan fingerprint density at radius 3 is 2.95 bits per heavy atom. The summed E-state index contributed by atoms with van der Waals surface area (Å²) in [5.41, 5.74) is 9.44. The van der Waals surface area contributed by atoms with Crippen LogP contribution in [0, 0.1) is 5.82 Å². The summed E-state index contributed by atoms with van der Waals surface area (Å²) >= 11 is 0. The van der Waals surface area contributed by atoms with Crippen LogP contribution in [0.1, 0.15) is 35.6 Å². The van der Waals surface area contributed by atoms with Gasteiger partial charge in [0, 0.05) is 6.04 Å². The molecule has 0 bridgehead atoms. The third kappa shape index (κ3) is 2.83. The van der Waals surface area contributed by atoms with E-state index in [0.717, 1.165) is 30.6 Å². The quantitative estimate of drug-likeness (QED) is 0.923. The van der Waals surface area contributed by atoms with E-state index < -0.39 is 0 Å². The van der Waals surface area contributed by atoms with E-state index in [2.05, 4.69) is 12.1 Å². The van der Waals surface area contributed by atoms with E-state index in [-0.39, 0.29) is 11.9 Å². The van der Waals surface area contributed by atoms with Gasteiger partial charge in [0.15, 0.2) is 0 Å². The zero-order valence-corrected chi connectivity index (χ0v) is 11.3. The minimum atomic E-state index is -0.234. The topological polar surface area (TPSA) is 35.2 Å². The highest BCUT2D eigenvalue weighted by Crippen LogP contribution is 2.30. The van der Waals surface area contributed by atoms with Gasteiger partial charge in [0.2, 0.25) is 0 Å². The van der Waals surface area contributed by atoms with Crippen LogP contribution < -0.4 is 10.5 Å². The van der Waals surface area contributed by atoms with Gasteiger partial charge in [-0.2, -0.15) is 0 Å². The lowest BCUT2D eigenvalue weighted by atomic mass is 9.88. The molecule has 0 saturated heterocycles. The second-order valence-corrected chi connectivity index (χ2v) is 5.28. The van der Waals surface area contributed by atoms with E-state index in [0.29, 0.717) is 6.61 Å². The molecule has 1 atom stereocenters. The van der Waals surface area contributed by atoms with Crippen molar-refractivity contribution >= 4 is 0 Å². The summed E-state index contributed by atoms with van der Waals surface area (Å²) in [6.07, 6.45) is 3.23. The molecule has 0 spiro atoms. The van der Waals surface area contributed by atoms with Crippen LogP contribution >= 0.6 is 0 Å². The minimum Gasteiger partial charge on any atom is -0.489 e. The van der Waals surface area contributed by atoms with Crippen LogP contribution in [0.2, 0.25) is 0 Å². The van der Waals surface area contributed by atoms with Crippen LogP contribution in [-0.4, -0.2) is 0 Å². The predicted octanol–water partition coefficient (Wildman–Crippen LogP) is 3.74. The van der Waals surface area contributed by atoms with Crippen LogP contribution in [0.5, 0.6) is 5.75 Å². The SMILES string of the molecule is NC1CCCc2cc(OCc3cccc(F)c3)ccc21. The molecular weight excluding hydrogens is 253 g/mol. The highest BCUT2D eigenvalue weighted by molar-refractivity contribution is 5.39. The Hall–Kier alpha value is -1.87. The molecule has 2 nitrogen and oxygen atoms in total. The summed E-state index contributed by atoms with van der Waals surface area (Å²) < 4.78 is 18.8. The van der Waals surface area contributed by atoms with Crippen molar-refractivity contribution in [3.05, 3.63) is 65.0 Å². The third-order valence-corrected chi connectivity index (χ3v) is 3.77. The molecule has 20 heavy (non-hydrogen) atoms. The summed E-state index contributed by atoms with van der Waals surface area (Å²) in [6, 6.07) is 12.7. The van der Waals surface area contributed by atoms with Gasteiger partial charge >= 0.3 is 0 Å². The Kier molecular flexibility index (Phi) is 3.70. The number of ether oxygens (including phenoxy) is 1. The molecule has 0 fully saturated rings. The number of fused-ring (bicyclic) bond motifs is 1. The van der Waals surface area contributed by atoms with E-state index in [4.69, 9.17) is 10.5 Å². The molecular formula is C17H18FNO. The first kappa shape index (κ1) is 13.1. The molecule has 1 aliphatic rings. The maximum absolute atomic E-state index is 13.1. The first-order valence-corrected chi connectivity index (χ1v) is 6.98. The maximum atomic E-state index is 13.1. The molecule has 104 valence electrons. The number of aryl methyl sites for hydroxylation is 1. The molecule has 0 aromatic heterocycles.